The highest BCUT2D eigenvalue weighted by Crippen LogP contribution is 1.95. The molecule has 0 spiro atoms. The van der Waals surface area contributed by atoms with Gasteiger partial charge in [-0.3, -0.25) is 9.89 Å². The number of aromatic nitrogens is 2. The summed E-state index contributed by atoms with van der Waals surface area (Å²) in [5.41, 5.74) is 0.893. The molecule has 1 heterocycles. The third-order valence-electron chi connectivity index (χ3n) is 1.16. The minimum absolute atomic E-state index is 0.0152. The van der Waals surface area contributed by atoms with Gasteiger partial charge in [-0.1, -0.05) is 6.58 Å². The monoisotopic (exact) mass is 136 g/mol. The molecule has 1 N–H and O–H groups in total. The summed E-state index contributed by atoms with van der Waals surface area (Å²) in [6, 6.07) is 0. The van der Waals surface area contributed by atoms with Crippen molar-refractivity contribution in [3.05, 3.63) is 30.6 Å². The Balaban J connectivity index is 2.56. The van der Waals surface area contributed by atoms with E-state index in [1.807, 2.05) is 0 Å². The Bertz CT molecular complexity index is 226. The zero-order valence-corrected chi connectivity index (χ0v) is 5.50. The summed E-state index contributed by atoms with van der Waals surface area (Å²) < 4.78 is 0. The Labute approximate surface area is 58.8 Å². The normalized spacial score (nSPS) is 9.20. The topological polar surface area (TPSA) is 45.8 Å². The van der Waals surface area contributed by atoms with Gasteiger partial charge < -0.3 is 0 Å². The molecule has 0 aliphatic rings. The molecule has 0 bridgehead atoms. The highest BCUT2D eigenvalue weighted by Gasteiger charge is 1.97. The summed E-state index contributed by atoms with van der Waals surface area (Å²) in [4.78, 5) is 10.7. The molecule has 0 atom stereocenters. The van der Waals surface area contributed by atoms with Crippen molar-refractivity contribution < 1.29 is 4.79 Å². The number of allylic oxidation sites excluding steroid dienone is 1. The lowest BCUT2D eigenvalue weighted by Crippen LogP contribution is -1.95. The average molecular weight is 136 g/mol. The number of aromatic amines is 1. The molecule has 0 unspecified atom stereocenters. The lowest BCUT2D eigenvalue weighted by Gasteiger charge is -1.86. The minimum atomic E-state index is 0.0152. The van der Waals surface area contributed by atoms with Crippen LogP contribution < -0.4 is 0 Å². The lowest BCUT2D eigenvalue weighted by atomic mass is 10.2. The number of carbonyl (C=O) groups excluding carboxylic acids is 1. The third-order valence-corrected chi connectivity index (χ3v) is 1.16. The predicted octanol–water partition coefficient (Wildman–Crippen LogP) is 0.707. The van der Waals surface area contributed by atoms with Gasteiger partial charge in [0.2, 0.25) is 0 Å². The van der Waals surface area contributed by atoms with E-state index in [4.69, 9.17) is 0 Å². The van der Waals surface area contributed by atoms with Crippen molar-refractivity contribution in [1.29, 1.82) is 0 Å². The quantitative estimate of drug-likeness (QED) is 0.622. The molecule has 10 heavy (non-hydrogen) atoms. The first-order valence-electron chi connectivity index (χ1n) is 2.96. The molecule has 1 aromatic heterocycles. The van der Waals surface area contributed by atoms with Crippen molar-refractivity contribution in [1.82, 2.24) is 10.2 Å². The van der Waals surface area contributed by atoms with Gasteiger partial charge in [-0.2, -0.15) is 5.10 Å². The van der Waals surface area contributed by atoms with E-state index in [9.17, 15) is 4.79 Å². The molecule has 3 heteroatoms. The summed E-state index contributed by atoms with van der Waals surface area (Å²) in [7, 11) is 0. The van der Waals surface area contributed by atoms with Crippen molar-refractivity contribution >= 4 is 5.78 Å². The highest BCUT2D eigenvalue weighted by atomic mass is 16.1. The van der Waals surface area contributed by atoms with Gasteiger partial charge in [-0.25, -0.2) is 0 Å². The van der Waals surface area contributed by atoms with E-state index in [1.165, 1.54) is 6.08 Å². The Morgan fingerprint density at radius 3 is 3.20 bits per heavy atom. The molecular formula is C7H8N2O. The number of rotatable bonds is 3. The maximum Gasteiger partial charge on any atom is 0.159 e. The second kappa shape index (κ2) is 2.96. The first-order valence-corrected chi connectivity index (χ1v) is 2.96. The molecule has 0 aliphatic carbocycles. The lowest BCUT2D eigenvalue weighted by molar-refractivity contribution is -0.114. The molecular weight excluding hydrogens is 128 g/mol. The summed E-state index contributed by atoms with van der Waals surface area (Å²) in [5.74, 6) is 0.0152. The molecule has 0 radical (unpaired) electrons. The van der Waals surface area contributed by atoms with Gasteiger partial charge >= 0.3 is 0 Å². The smallest absolute Gasteiger partial charge is 0.159 e. The van der Waals surface area contributed by atoms with E-state index in [-0.39, 0.29) is 5.78 Å². The fourth-order valence-corrected chi connectivity index (χ4v) is 0.648. The van der Waals surface area contributed by atoms with E-state index in [2.05, 4.69) is 16.8 Å². The van der Waals surface area contributed by atoms with Crippen LogP contribution in [0.2, 0.25) is 0 Å². The van der Waals surface area contributed by atoms with Gasteiger partial charge in [0, 0.05) is 12.6 Å². The molecule has 0 fully saturated rings. The third kappa shape index (κ3) is 1.55. The zero-order chi connectivity index (χ0) is 7.40. The number of nitrogens with one attached hydrogen (secondary N) is 1. The van der Waals surface area contributed by atoms with Crippen LogP contribution in [0.3, 0.4) is 0 Å². The summed E-state index contributed by atoms with van der Waals surface area (Å²) in [6.45, 7) is 3.36. The highest BCUT2D eigenvalue weighted by molar-refractivity contribution is 5.90. The number of hydrogen-bond donors (Lipinski definition) is 1. The molecule has 52 valence electrons. The number of H-pyrrole nitrogens is 1. The van der Waals surface area contributed by atoms with Gasteiger partial charge in [0.25, 0.3) is 0 Å². The van der Waals surface area contributed by atoms with E-state index in [0.29, 0.717) is 6.42 Å². The van der Waals surface area contributed by atoms with E-state index < -0.39 is 0 Å². The number of nitrogens with zero attached hydrogens (tertiary/aromatic N) is 1. The molecule has 0 amide bonds. The Morgan fingerprint density at radius 1 is 1.90 bits per heavy atom. The fraction of sp³-hybridized carbons (Fsp3) is 0.143. The standard InChI is InChI=1S/C7H8N2O/c1-2-7(10)3-6-4-8-9-5-6/h2,4-5H,1,3H2,(H,8,9). The van der Waals surface area contributed by atoms with Crippen LogP contribution >= 0.6 is 0 Å². The second-order valence-corrected chi connectivity index (χ2v) is 1.95. The number of carbonyl (C=O) groups is 1. The molecule has 3 nitrogen and oxygen atoms in total. The Hall–Kier alpha value is -1.38. The summed E-state index contributed by atoms with van der Waals surface area (Å²) in [5, 5.41) is 6.32. The molecule has 0 saturated carbocycles. The van der Waals surface area contributed by atoms with Crippen LogP contribution in [0, 0.1) is 0 Å². The SMILES string of the molecule is C=CC(=O)Cc1cn[nH]c1. The van der Waals surface area contributed by atoms with Crippen LogP contribution in [-0.4, -0.2) is 16.0 Å². The largest absolute Gasteiger partial charge is 0.295 e. The molecule has 0 saturated heterocycles. The maximum absolute atomic E-state index is 10.7. The van der Waals surface area contributed by atoms with Crippen molar-refractivity contribution in [2.45, 2.75) is 6.42 Å². The molecule has 1 aromatic rings. The van der Waals surface area contributed by atoms with Crippen LogP contribution in [0.25, 0.3) is 0 Å². The van der Waals surface area contributed by atoms with E-state index in [1.54, 1.807) is 12.4 Å². The van der Waals surface area contributed by atoms with Gasteiger partial charge in [0.1, 0.15) is 0 Å². The average Bonchev–Trinajstić information content (AvgIpc) is 2.40. The van der Waals surface area contributed by atoms with Gasteiger partial charge in [0.15, 0.2) is 5.78 Å². The van der Waals surface area contributed by atoms with E-state index >= 15 is 0 Å². The number of ketones is 1. The van der Waals surface area contributed by atoms with Crippen LogP contribution in [-0.2, 0) is 11.2 Å². The van der Waals surface area contributed by atoms with Crippen LogP contribution in [0.1, 0.15) is 5.56 Å². The Morgan fingerprint density at radius 2 is 2.70 bits per heavy atom. The Kier molecular flexibility index (Phi) is 1.99. The fourth-order valence-electron chi connectivity index (χ4n) is 0.648. The summed E-state index contributed by atoms with van der Waals surface area (Å²) >= 11 is 0. The van der Waals surface area contributed by atoms with Gasteiger partial charge in [-0.05, 0) is 11.6 Å². The minimum Gasteiger partial charge on any atom is -0.295 e. The summed E-state index contributed by atoms with van der Waals surface area (Å²) in [6.07, 6.45) is 5.02. The van der Waals surface area contributed by atoms with Crippen molar-refractivity contribution in [2.75, 3.05) is 0 Å². The maximum atomic E-state index is 10.7. The second-order valence-electron chi connectivity index (χ2n) is 1.95. The van der Waals surface area contributed by atoms with Crippen LogP contribution in [0.4, 0.5) is 0 Å². The van der Waals surface area contributed by atoms with Crippen molar-refractivity contribution in [3.63, 3.8) is 0 Å². The molecule has 0 aliphatic heterocycles. The van der Waals surface area contributed by atoms with Gasteiger partial charge in [0.05, 0.1) is 6.20 Å². The van der Waals surface area contributed by atoms with Gasteiger partial charge in [-0.15, -0.1) is 0 Å². The van der Waals surface area contributed by atoms with Crippen molar-refractivity contribution in [2.24, 2.45) is 0 Å². The number of hydrogen-bond acceptors (Lipinski definition) is 2. The zero-order valence-electron chi connectivity index (χ0n) is 5.50. The molecule has 1 rings (SSSR count). The van der Waals surface area contributed by atoms with Crippen LogP contribution in [0.15, 0.2) is 25.0 Å². The van der Waals surface area contributed by atoms with E-state index in [0.717, 1.165) is 5.56 Å². The predicted molar refractivity (Wildman–Crippen MR) is 37.5 cm³/mol. The van der Waals surface area contributed by atoms with Crippen LogP contribution in [0.5, 0.6) is 0 Å². The first-order chi connectivity index (χ1) is 4.83. The molecule has 0 aromatic carbocycles. The van der Waals surface area contributed by atoms with Crippen molar-refractivity contribution in [3.8, 4) is 0 Å². The first kappa shape index (κ1) is 6.74.